The van der Waals surface area contributed by atoms with Crippen molar-refractivity contribution in [2.45, 2.75) is 11.6 Å². The molecule has 1 aromatic rings. The number of rotatable bonds is 5. The minimum absolute atomic E-state index is 0.339. The topological polar surface area (TPSA) is 108 Å². The van der Waals surface area contributed by atoms with Gasteiger partial charge in [-0.15, -0.1) is 0 Å². The van der Waals surface area contributed by atoms with Crippen molar-refractivity contribution in [3.05, 3.63) is 90.6 Å². The first-order valence-electron chi connectivity index (χ1n) is 13.4. The van der Waals surface area contributed by atoms with Crippen LogP contribution in [0.15, 0.2) is 90.6 Å². The Hall–Kier alpha value is -4.40. The third-order valence-corrected chi connectivity index (χ3v) is 8.86. The lowest BCUT2D eigenvalue weighted by Crippen LogP contribution is -2.65. The Balaban J connectivity index is 1.90. The van der Waals surface area contributed by atoms with Gasteiger partial charge in [-0.3, -0.25) is 0 Å². The van der Waals surface area contributed by atoms with Gasteiger partial charge in [-0.1, -0.05) is 66.8 Å². The highest BCUT2D eigenvalue weighted by molar-refractivity contribution is 6.11. The second kappa shape index (κ2) is 11.2. The number of hydrogen-bond donors (Lipinski definition) is 0. The summed E-state index contributed by atoms with van der Waals surface area (Å²) in [6.07, 6.45) is 16.9. The van der Waals surface area contributed by atoms with E-state index in [0.717, 1.165) is 5.57 Å². The van der Waals surface area contributed by atoms with Gasteiger partial charge in [0.1, 0.15) is 6.04 Å². The number of ether oxygens (including phenoxy) is 4. The number of anilines is 1. The Bertz CT molecular complexity index is 1360. The van der Waals surface area contributed by atoms with Gasteiger partial charge in [0.15, 0.2) is 0 Å². The molecule has 1 aromatic carbocycles. The van der Waals surface area contributed by atoms with Gasteiger partial charge in [-0.2, -0.15) is 0 Å². The van der Waals surface area contributed by atoms with Crippen molar-refractivity contribution in [2.24, 2.45) is 35.5 Å². The molecule has 214 valence electrons. The third kappa shape index (κ3) is 4.22. The molecule has 4 aliphatic rings. The molecule has 1 heterocycles. The van der Waals surface area contributed by atoms with Crippen LogP contribution in [0.3, 0.4) is 0 Å². The number of hydrogen-bond acceptors (Lipinski definition) is 9. The van der Waals surface area contributed by atoms with Crippen LogP contribution in [-0.2, 0) is 38.1 Å². The standard InChI is InChI=1S/C32H33NO8/c1-38-25(34)18-24-20-14-8-10-16-22(20)26-27(23-17-11-9-15-21(23)24)32(30(36)40-3,31(37)41-4)33(28(26)29(35)39-2)19-12-6-5-7-13-19/h5-18,20-23,26-28H,1-4H3/t20?,21?,22?,23?,26-,27+,28-/m0/s1. The smallest absolute Gasteiger partial charge is 0.343 e. The molecule has 9 nitrogen and oxygen atoms in total. The molecule has 41 heavy (non-hydrogen) atoms. The van der Waals surface area contributed by atoms with Crippen molar-refractivity contribution in [3.63, 3.8) is 0 Å². The van der Waals surface area contributed by atoms with Gasteiger partial charge in [0.2, 0.25) is 5.54 Å². The fourth-order valence-corrected chi connectivity index (χ4v) is 7.45. The predicted molar refractivity (Wildman–Crippen MR) is 149 cm³/mol. The monoisotopic (exact) mass is 559 g/mol. The molecule has 5 rings (SSSR count). The van der Waals surface area contributed by atoms with Crippen LogP contribution in [0.25, 0.3) is 0 Å². The molecule has 3 aliphatic carbocycles. The van der Waals surface area contributed by atoms with Gasteiger partial charge in [0.25, 0.3) is 0 Å². The second-order valence-electron chi connectivity index (χ2n) is 10.4. The number of benzene rings is 1. The van der Waals surface area contributed by atoms with E-state index in [9.17, 15) is 19.2 Å². The maximum absolute atomic E-state index is 14.2. The van der Waals surface area contributed by atoms with Crippen molar-refractivity contribution < 1.29 is 38.1 Å². The molecule has 2 fully saturated rings. The molecular formula is C32H33NO8. The lowest BCUT2D eigenvalue weighted by molar-refractivity contribution is -0.165. The van der Waals surface area contributed by atoms with Crippen LogP contribution in [-0.4, -0.2) is 63.9 Å². The van der Waals surface area contributed by atoms with Crippen LogP contribution in [0, 0.1) is 35.5 Å². The Morgan fingerprint density at radius 1 is 0.732 bits per heavy atom. The summed E-state index contributed by atoms with van der Waals surface area (Å²) in [6.45, 7) is 0. The van der Waals surface area contributed by atoms with Gasteiger partial charge in [-0.05, 0) is 29.5 Å². The summed E-state index contributed by atoms with van der Waals surface area (Å²) in [4.78, 5) is 56.5. The number of esters is 4. The Morgan fingerprint density at radius 2 is 1.29 bits per heavy atom. The summed E-state index contributed by atoms with van der Waals surface area (Å²) >= 11 is 0. The number of nitrogens with zero attached hydrogens (tertiary/aromatic N) is 1. The van der Waals surface area contributed by atoms with E-state index in [2.05, 4.69) is 0 Å². The van der Waals surface area contributed by atoms with Gasteiger partial charge in [-0.25, -0.2) is 19.2 Å². The van der Waals surface area contributed by atoms with Crippen LogP contribution >= 0.6 is 0 Å². The highest BCUT2D eigenvalue weighted by Gasteiger charge is 2.74. The largest absolute Gasteiger partial charge is 0.467 e. The molecule has 0 bridgehead atoms. The fourth-order valence-electron chi connectivity index (χ4n) is 7.45. The highest BCUT2D eigenvalue weighted by Crippen LogP contribution is 2.61. The lowest BCUT2D eigenvalue weighted by atomic mass is 9.64. The molecule has 0 amide bonds. The summed E-state index contributed by atoms with van der Waals surface area (Å²) in [5.74, 6) is -5.93. The first-order chi connectivity index (χ1) is 19.9. The molecule has 0 aromatic heterocycles. The van der Waals surface area contributed by atoms with Gasteiger partial charge >= 0.3 is 23.9 Å². The van der Waals surface area contributed by atoms with Crippen molar-refractivity contribution in [1.82, 2.24) is 0 Å². The number of carbonyl (C=O) groups is 4. The first-order valence-corrected chi connectivity index (χ1v) is 13.4. The Labute approximate surface area is 238 Å². The number of carbonyl (C=O) groups excluding carboxylic acids is 4. The van der Waals surface area contributed by atoms with Gasteiger partial charge in [0, 0.05) is 35.4 Å². The van der Waals surface area contributed by atoms with Gasteiger partial charge in [0.05, 0.1) is 28.4 Å². The molecule has 0 radical (unpaired) electrons. The van der Waals surface area contributed by atoms with E-state index < -0.39 is 65.0 Å². The normalized spacial score (nSPS) is 31.4. The quantitative estimate of drug-likeness (QED) is 0.233. The van der Waals surface area contributed by atoms with E-state index in [-0.39, 0.29) is 5.92 Å². The van der Waals surface area contributed by atoms with Crippen molar-refractivity contribution in [2.75, 3.05) is 33.3 Å². The molecule has 1 saturated carbocycles. The zero-order valence-corrected chi connectivity index (χ0v) is 23.3. The summed E-state index contributed by atoms with van der Waals surface area (Å²) in [6, 6.07) is 7.76. The van der Waals surface area contributed by atoms with Crippen molar-refractivity contribution >= 4 is 29.6 Å². The second-order valence-corrected chi connectivity index (χ2v) is 10.4. The molecular weight excluding hydrogens is 526 g/mol. The zero-order chi connectivity index (χ0) is 29.3. The molecule has 9 heteroatoms. The Kier molecular flexibility index (Phi) is 7.71. The summed E-state index contributed by atoms with van der Waals surface area (Å²) in [7, 11) is 5.04. The zero-order valence-electron chi connectivity index (χ0n) is 23.3. The number of fused-ring (bicyclic) bond motifs is 5. The molecule has 1 aliphatic heterocycles. The average molecular weight is 560 g/mol. The van der Waals surface area contributed by atoms with E-state index in [1.54, 1.807) is 29.2 Å². The minimum Gasteiger partial charge on any atom is -0.467 e. The third-order valence-electron chi connectivity index (χ3n) is 8.86. The highest BCUT2D eigenvalue weighted by atomic mass is 16.6. The van der Waals surface area contributed by atoms with Crippen molar-refractivity contribution in [1.29, 1.82) is 0 Å². The number of allylic oxidation sites excluding steroid dienone is 9. The molecule has 0 N–H and O–H groups in total. The fraction of sp³-hybridized carbons (Fsp3) is 0.375. The van der Waals surface area contributed by atoms with Crippen molar-refractivity contribution in [3.8, 4) is 0 Å². The SMILES string of the molecule is COC(=O)C=C1C2C=CC=CC2[C@@H]2[C@@H](C(=O)OC)N(c3ccccc3)C(C(=O)OC)(C(=O)OC)[C@@H]2C2C=CC=CC12. The predicted octanol–water partition coefficient (Wildman–Crippen LogP) is 3.20. The van der Waals surface area contributed by atoms with E-state index in [4.69, 9.17) is 18.9 Å². The summed E-state index contributed by atoms with van der Waals surface area (Å²) in [5.41, 5.74) is -0.829. The summed E-state index contributed by atoms with van der Waals surface area (Å²) < 4.78 is 21.2. The first kappa shape index (κ1) is 28.1. The van der Waals surface area contributed by atoms with E-state index in [1.807, 2.05) is 54.7 Å². The van der Waals surface area contributed by atoms with Gasteiger partial charge < -0.3 is 23.8 Å². The maximum Gasteiger partial charge on any atom is 0.343 e. The van der Waals surface area contributed by atoms with Crippen LogP contribution in [0.4, 0.5) is 5.69 Å². The number of methoxy groups -OCH3 is 4. The molecule has 4 unspecified atom stereocenters. The maximum atomic E-state index is 14.2. The lowest BCUT2D eigenvalue weighted by Gasteiger charge is -2.43. The molecule has 0 spiro atoms. The summed E-state index contributed by atoms with van der Waals surface area (Å²) in [5, 5.41) is 0. The molecule has 1 saturated heterocycles. The average Bonchev–Trinajstić information content (AvgIpc) is 3.29. The minimum atomic E-state index is -2.06. The van der Waals surface area contributed by atoms with Crippen LogP contribution in [0.1, 0.15) is 0 Å². The number of para-hydroxylation sites is 1. The molecule has 7 atom stereocenters. The van der Waals surface area contributed by atoms with E-state index >= 15 is 0 Å². The van der Waals surface area contributed by atoms with E-state index in [1.165, 1.54) is 34.5 Å². The van der Waals surface area contributed by atoms with Crippen LogP contribution < -0.4 is 4.90 Å². The van der Waals surface area contributed by atoms with Crippen LogP contribution in [0.2, 0.25) is 0 Å². The van der Waals surface area contributed by atoms with Crippen LogP contribution in [0.5, 0.6) is 0 Å². The van der Waals surface area contributed by atoms with E-state index in [0.29, 0.717) is 5.69 Å². The Morgan fingerprint density at radius 3 is 1.85 bits per heavy atom.